The van der Waals surface area contributed by atoms with Gasteiger partial charge in [0.15, 0.2) is 0 Å². The van der Waals surface area contributed by atoms with Gasteiger partial charge in [-0.3, -0.25) is 0 Å². The van der Waals surface area contributed by atoms with Gasteiger partial charge in [-0.05, 0) is 0 Å². The molecule has 0 bridgehead atoms. The topological polar surface area (TPSA) is 44.8 Å². The van der Waals surface area contributed by atoms with Crippen molar-refractivity contribution < 1.29 is 14.9 Å². The van der Waals surface area contributed by atoms with Crippen molar-refractivity contribution in [3.8, 4) is 0 Å². The fourth-order valence-electron chi connectivity index (χ4n) is 1.70. The number of hydrogen-bond donors (Lipinski definition) is 0. The van der Waals surface area contributed by atoms with Crippen LogP contribution in [0.15, 0.2) is 0 Å². The first-order valence-electron chi connectivity index (χ1n) is 8.22. The molecule has 0 amide bonds. The molecule has 0 rings (SSSR count). The molecule has 0 N–H and O–H groups in total. The quantitative estimate of drug-likeness (QED) is 0.322. The average Bonchev–Trinajstić information content (AvgIpc) is 2.45. The third-order valence-electron chi connectivity index (χ3n) is 2.99. The Kier molecular flexibility index (Phi) is 14.4. The fourth-order valence-corrected chi connectivity index (χ4v) is 4.39. The SMILES string of the molecule is CCCCCO[As](=O)(OCCCCC)OCCCCC. The maximum absolute atomic E-state index is 12.5. The minimum absolute atomic E-state index is 0.478. The maximum atomic E-state index is 12.5. The van der Waals surface area contributed by atoms with Crippen molar-refractivity contribution in [3.63, 3.8) is 0 Å². The number of hydrogen-bond acceptors (Lipinski definition) is 4. The molecule has 0 fully saturated rings. The zero-order chi connectivity index (χ0) is 15.1. The summed E-state index contributed by atoms with van der Waals surface area (Å²) in [6, 6.07) is 0. The standard InChI is InChI=1S/C15H33AsO4/c1-4-7-10-13-18-16(17,19-14-11-8-5-2)20-15-12-9-6-3/h4-15H2,1-3H3. The van der Waals surface area contributed by atoms with Crippen LogP contribution < -0.4 is 0 Å². The van der Waals surface area contributed by atoms with Gasteiger partial charge < -0.3 is 0 Å². The summed E-state index contributed by atoms with van der Waals surface area (Å²) in [7, 11) is 0. The van der Waals surface area contributed by atoms with E-state index in [0.29, 0.717) is 19.8 Å². The summed E-state index contributed by atoms with van der Waals surface area (Å²) in [5.41, 5.74) is 0. The van der Waals surface area contributed by atoms with Crippen LogP contribution >= 0.6 is 0 Å². The molecule has 0 aromatic rings. The van der Waals surface area contributed by atoms with Gasteiger partial charge in [0.2, 0.25) is 0 Å². The van der Waals surface area contributed by atoms with E-state index in [1.165, 1.54) is 0 Å². The van der Waals surface area contributed by atoms with Crippen LogP contribution in [-0.2, 0) is 14.9 Å². The summed E-state index contributed by atoms with van der Waals surface area (Å²) in [5, 5.41) is 0. The summed E-state index contributed by atoms with van der Waals surface area (Å²) in [6.45, 7) is 7.83. The van der Waals surface area contributed by atoms with Crippen LogP contribution in [0.25, 0.3) is 0 Å². The van der Waals surface area contributed by atoms with Gasteiger partial charge in [-0.15, -0.1) is 0 Å². The van der Waals surface area contributed by atoms with Crippen LogP contribution in [0.1, 0.15) is 78.6 Å². The van der Waals surface area contributed by atoms with Gasteiger partial charge in [0.1, 0.15) is 0 Å². The molecule has 0 aromatic heterocycles. The zero-order valence-corrected chi connectivity index (χ0v) is 15.4. The second-order valence-corrected chi connectivity index (χ2v) is 8.57. The van der Waals surface area contributed by atoms with Crippen molar-refractivity contribution in [3.05, 3.63) is 0 Å². The Morgan fingerprint density at radius 2 is 0.900 bits per heavy atom. The van der Waals surface area contributed by atoms with Crippen LogP contribution in [0.5, 0.6) is 0 Å². The van der Waals surface area contributed by atoms with E-state index >= 15 is 0 Å². The molecular formula is C15H33AsO4. The zero-order valence-electron chi connectivity index (χ0n) is 13.6. The Balaban J connectivity index is 4.02. The van der Waals surface area contributed by atoms with E-state index in [1.807, 2.05) is 0 Å². The van der Waals surface area contributed by atoms with E-state index in [0.717, 1.165) is 57.8 Å². The van der Waals surface area contributed by atoms with Crippen LogP contribution in [0, 0.1) is 0 Å². The normalized spacial score (nSPS) is 11.9. The molecule has 0 radical (unpaired) electrons. The van der Waals surface area contributed by atoms with Crippen LogP contribution in [0.2, 0.25) is 0 Å². The molecule has 0 aliphatic heterocycles. The molecule has 5 heteroatoms. The van der Waals surface area contributed by atoms with E-state index < -0.39 is 14.5 Å². The minimum atomic E-state index is -4.02. The molecule has 0 unspecified atom stereocenters. The first kappa shape index (κ1) is 20.2. The van der Waals surface area contributed by atoms with Gasteiger partial charge in [-0.1, -0.05) is 0 Å². The predicted molar refractivity (Wildman–Crippen MR) is 82.9 cm³/mol. The van der Waals surface area contributed by atoms with Crippen LogP contribution in [-0.4, -0.2) is 34.3 Å². The van der Waals surface area contributed by atoms with E-state index in [-0.39, 0.29) is 0 Å². The fraction of sp³-hybridized carbons (Fsp3) is 1.00. The summed E-state index contributed by atoms with van der Waals surface area (Å²) in [5.74, 6) is 0. The molecule has 0 aliphatic carbocycles. The van der Waals surface area contributed by atoms with Crippen LogP contribution in [0.3, 0.4) is 0 Å². The molecule has 0 spiro atoms. The van der Waals surface area contributed by atoms with Crippen molar-refractivity contribution in [2.75, 3.05) is 19.8 Å². The summed E-state index contributed by atoms with van der Waals surface area (Å²) < 4.78 is 28.9. The van der Waals surface area contributed by atoms with Gasteiger partial charge in [0, 0.05) is 0 Å². The summed E-state index contributed by atoms with van der Waals surface area (Å²) in [4.78, 5) is 0. The van der Waals surface area contributed by atoms with Crippen molar-refractivity contribution in [1.82, 2.24) is 0 Å². The molecular weight excluding hydrogens is 319 g/mol. The van der Waals surface area contributed by atoms with Gasteiger partial charge in [-0.25, -0.2) is 0 Å². The first-order chi connectivity index (χ1) is 9.68. The third kappa shape index (κ3) is 12.0. The molecule has 0 heterocycles. The predicted octanol–water partition coefficient (Wildman–Crippen LogP) is 4.47. The van der Waals surface area contributed by atoms with Gasteiger partial charge >= 0.3 is 128 Å². The second kappa shape index (κ2) is 14.2. The molecule has 0 aliphatic rings. The Morgan fingerprint density at radius 3 is 1.15 bits per heavy atom. The number of rotatable bonds is 15. The molecule has 122 valence electrons. The summed E-state index contributed by atoms with van der Waals surface area (Å²) >= 11 is -4.02. The van der Waals surface area contributed by atoms with Crippen molar-refractivity contribution in [2.24, 2.45) is 0 Å². The van der Waals surface area contributed by atoms with Crippen molar-refractivity contribution >= 4 is 14.5 Å². The third-order valence-corrected chi connectivity index (χ3v) is 6.13. The molecule has 0 saturated carbocycles. The summed E-state index contributed by atoms with van der Waals surface area (Å²) in [6.07, 6.45) is 9.36. The Morgan fingerprint density at radius 1 is 0.600 bits per heavy atom. The van der Waals surface area contributed by atoms with E-state index in [1.54, 1.807) is 0 Å². The molecule has 20 heavy (non-hydrogen) atoms. The van der Waals surface area contributed by atoms with Gasteiger partial charge in [0.25, 0.3) is 0 Å². The molecule has 0 aromatic carbocycles. The molecule has 4 nitrogen and oxygen atoms in total. The molecule has 0 saturated heterocycles. The average molecular weight is 352 g/mol. The van der Waals surface area contributed by atoms with Crippen molar-refractivity contribution in [1.29, 1.82) is 0 Å². The Hall–Kier alpha value is 0.238. The van der Waals surface area contributed by atoms with E-state index in [2.05, 4.69) is 20.8 Å². The Bertz CT molecular complexity index is 208. The van der Waals surface area contributed by atoms with Gasteiger partial charge in [-0.2, -0.15) is 0 Å². The van der Waals surface area contributed by atoms with Gasteiger partial charge in [0.05, 0.1) is 0 Å². The monoisotopic (exact) mass is 352 g/mol. The van der Waals surface area contributed by atoms with E-state index in [9.17, 15) is 3.74 Å². The second-order valence-electron chi connectivity index (χ2n) is 5.07. The Labute approximate surface area is 128 Å². The van der Waals surface area contributed by atoms with Crippen molar-refractivity contribution in [2.45, 2.75) is 78.6 Å². The van der Waals surface area contributed by atoms with E-state index in [4.69, 9.17) is 11.2 Å². The first-order valence-corrected chi connectivity index (χ1v) is 11.3. The van der Waals surface area contributed by atoms with Crippen LogP contribution in [0.4, 0.5) is 0 Å². The molecule has 0 atom stereocenters. The number of unbranched alkanes of at least 4 members (excludes halogenated alkanes) is 6.